The highest BCUT2D eigenvalue weighted by Crippen LogP contribution is 2.25. The second kappa shape index (κ2) is 7.13. The molecule has 1 aromatic heterocycles. The first-order valence-electron chi connectivity index (χ1n) is 8.40. The SMILES string of the molecule is C/C(=N\OC(=O)c1ccccc1)c1ccc2sc3ccccc3c(=O)c2c1. The van der Waals surface area contributed by atoms with Gasteiger partial charge in [-0.05, 0) is 48.9 Å². The largest absolute Gasteiger partial charge is 0.365 e. The molecule has 27 heavy (non-hydrogen) atoms. The Hall–Kier alpha value is -3.31. The second-order valence-electron chi connectivity index (χ2n) is 6.06. The van der Waals surface area contributed by atoms with Crippen molar-refractivity contribution in [3.05, 3.63) is 94.1 Å². The van der Waals surface area contributed by atoms with E-state index in [1.54, 1.807) is 48.6 Å². The van der Waals surface area contributed by atoms with Gasteiger partial charge in [0.1, 0.15) is 0 Å². The molecule has 0 atom stereocenters. The lowest BCUT2D eigenvalue weighted by molar-refractivity contribution is 0.0516. The molecule has 0 saturated carbocycles. The first-order valence-corrected chi connectivity index (χ1v) is 9.22. The summed E-state index contributed by atoms with van der Waals surface area (Å²) in [7, 11) is 0. The Labute approximate surface area is 159 Å². The summed E-state index contributed by atoms with van der Waals surface area (Å²) in [6, 6.07) is 21.8. The first-order chi connectivity index (χ1) is 13.1. The van der Waals surface area contributed by atoms with E-state index >= 15 is 0 Å². The quantitative estimate of drug-likeness (QED) is 0.220. The van der Waals surface area contributed by atoms with Crippen molar-refractivity contribution < 1.29 is 9.63 Å². The molecule has 0 spiro atoms. The van der Waals surface area contributed by atoms with Crippen molar-refractivity contribution in [2.45, 2.75) is 6.92 Å². The Balaban J connectivity index is 1.69. The van der Waals surface area contributed by atoms with Crippen LogP contribution in [0.25, 0.3) is 20.2 Å². The molecule has 0 aliphatic rings. The lowest BCUT2D eigenvalue weighted by atomic mass is 10.1. The van der Waals surface area contributed by atoms with Crippen molar-refractivity contribution in [2.24, 2.45) is 5.16 Å². The van der Waals surface area contributed by atoms with Gasteiger partial charge in [-0.1, -0.05) is 41.6 Å². The predicted octanol–water partition coefficient (Wildman–Crippen LogP) is 5.00. The van der Waals surface area contributed by atoms with E-state index in [0.717, 1.165) is 15.0 Å². The van der Waals surface area contributed by atoms with E-state index in [0.29, 0.717) is 22.0 Å². The molecular formula is C22H15NO3S. The molecule has 0 aliphatic heterocycles. The predicted molar refractivity (Wildman–Crippen MR) is 110 cm³/mol. The minimum Gasteiger partial charge on any atom is -0.313 e. The van der Waals surface area contributed by atoms with Crippen LogP contribution in [0.15, 0.2) is 82.7 Å². The van der Waals surface area contributed by atoms with E-state index < -0.39 is 5.97 Å². The molecule has 0 N–H and O–H groups in total. The van der Waals surface area contributed by atoms with Crippen LogP contribution in [0.1, 0.15) is 22.8 Å². The van der Waals surface area contributed by atoms with Crippen molar-refractivity contribution in [2.75, 3.05) is 0 Å². The van der Waals surface area contributed by atoms with E-state index in [2.05, 4.69) is 5.16 Å². The number of rotatable bonds is 3. The molecule has 1 heterocycles. The zero-order valence-corrected chi connectivity index (χ0v) is 15.3. The minimum absolute atomic E-state index is 0.00437. The maximum absolute atomic E-state index is 12.8. The van der Waals surface area contributed by atoms with E-state index in [9.17, 15) is 9.59 Å². The molecule has 0 bridgehead atoms. The lowest BCUT2D eigenvalue weighted by Gasteiger charge is -2.05. The smallest absolute Gasteiger partial charge is 0.313 e. The van der Waals surface area contributed by atoms with E-state index in [1.807, 2.05) is 42.5 Å². The molecule has 0 aliphatic carbocycles. The summed E-state index contributed by atoms with van der Waals surface area (Å²) >= 11 is 1.58. The summed E-state index contributed by atoms with van der Waals surface area (Å²) in [4.78, 5) is 29.8. The number of oxime groups is 1. The highest BCUT2D eigenvalue weighted by molar-refractivity contribution is 7.24. The third-order valence-corrected chi connectivity index (χ3v) is 5.42. The van der Waals surface area contributed by atoms with Gasteiger partial charge >= 0.3 is 5.97 Å². The van der Waals surface area contributed by atoms with Crippen LogP contribution in [0, 0.1) is 0 Å². The number of carbonyl (C=O) groups excluding carboxylic acids is 1. The maximum atomic E-state index is 12.8. The van der Waals surface area contributed by atoms with Crippen LogP contribution in [0.3, 0.4) is 0 Å². The van der Waals surface area contributed by atoms with Gasteiger partial charge in [-0.2, -0.15) is 0 Å². The molecule has 3 aromatic carbocycles. The van der Waals surface area contributed by atoms with E-state index in [1.165, 1.54) is 0 Å². The van der Waals surface area contributed by atoms with Crippen molar-refractivity contribution in [1.29, 1.82) is 0 Å². The molecule has 4 nitrogen and oxygen atoms in total. The van der Waals surface area contributed by atoms with Crippen LogP contribution >= 0.6 is 11.3 Å². The zero-order chi connectivity index (χ0) is 18.8. The van der Waals surface area contributed by atoms with Gasteiger partial charge in [0.2, 0.25) is 0 Å². The molecule has 4 rings (SSSR count). The third kappa shape index (κ3) is 3.37. The van der Waals surface area contributed by atoms with Gasteiger partial charge in [-0.3, -0.25) is 4.79 Å². The Kier molecular flexibility index (Phi) is 4.52. The van der Waals surface area contributed by atoms with Gasteiger partial charge in [-0.25, -0.2) is 4.79 Å². The van der Waals surface area contributed by atoms with Crippen LogP contribution in [0.4, 0.5) is 0 Å². The van der Waals surface area contributed by atoms with Crippen LogP contribution in [-0.4, -0.2) is 11.7 Å². The highest BCUT2D eigenvalue weighted by atomic mass is 32.1. The average molecular weight is 373 g/mol. The normalized spacial score (nSPS) is 11.7. The zero-order valence-electron chi connectivity index (χ0n) is 14.5. The molecular weight excluding hydrogens is 358 g/mol. The third-order valence-electron chi connectivity index (χ3n) is 4.27. The molecule has 5 heteroatoms. The number of fused-ring (bicyclic) bond motifs is 2. The number of benzene rings is 3. The molecule has 4 aromatic rings. The fraction of sp³-hybridized carbons (Fsp3) is 0.0455. The number of nitrogens with zero attached hydrogens (tertiary/aromatic N) is 1. The van der Waals surface area contributed by atoms with Gasteiger partial charge in [0, 0.05) is 20.2 Å². The first kappa shape index (κ1) is 17.1. The second-order valence-corrected chi connectivity index (χ2v) is 7.14. The molecule has 132 valence electrons. The molecule has 0 radical (unpaired) electrons. The lowest BCUT2D eigenvalue weighted by Crippen LogP contribution is -2.05. The molecule has 0 amide bonds. The summed E-state index contributed by atoms with van der Waals surface area (Å²) in [5.74, 6) is -0.520. The Morgan fingerprint density at radius 3 is 2.37 bits per heavy atom. The highest BCUT2D eigenvalue weighted by Gasteiger charge is 2.09. The van der Waals surface area contributed by atoms with Gasteiger partial charge in [0.05, 0.1) is 11.3 Å². The summed E-state index contributed by atoms with van der Waals surface area (Å²) in [5, 5.41) is 5.28. The average Bonchev–Trinajstić information content (AvgIpc) is 2.72. The van der Waals surface area contributed by atoms with E-state index in [-0.39, 0.29) is 5.43 Å². The molecule has 0 unspecified atom stereocenters. The molecule has 0 saturated heterocycles. The van der Waals surface area contributed by atoms with Crippen LogP contribution in [0.2, 0.25) is 0 Å². The van der Waals surface area contributed by atoms with Crippen molar-refractivity contribution in [3.8, 4) is 0 Å². The van der Waals surface area contributed by atoms with Gasteiger partial charge in [0.25, 0.3) is 0 Å². The number of hydrogen-bond acceptors (Lipinski definition) is 5. The number of hydrogen-bond donors (Lipinski definition) is 0. The Morgan fingerprint density at radius 1 is 0.852 bits per heavy atom. The Bertz CT molecular complexity index is 1240. The monoisotopic (exact) mass is 373 g/mol. The van der Waals surface area contributed by atoms with Crippen molar-refractivity contribution in [1.82, 2.24) is 0 Å². The van der Waals surface area contributed by atoms with Crippen LogP contribution < -0.4 is 5.43 Å². The fourth-order valence-corrected chi connectivity index (χ4v) is 3.87. The van der Waals surface area contributed by atoms with Crippen molar-refractivity contribution in [3.63, 3.8) is 0 Å². The summed E-state index contributed by atoms with van der Waals surface area (Å²) in [6.07, 6.45) is 0. The van der Waals surface area contributed by atoms with Gasteiger partial charge in [0.15, 0.2) is 5.43 Å². The van der Waals surface area contributed by atoms with E-state index in [4.69, 9.17) is 4.84 Å². The topological polar surface area (TPSA) is 55.7 Å². The summed E-state index contributed by atoms with van der Waals surface area (Å²) in [5.41, 5.74) is 1.69. The summed E-state index contributed by atoms with van der Waals surface area (Å²) < 4.78 is 1.88. The van der Waals surface area contributed by atoms with Crippen LogP contribution in [0.5, 0.6) is 0 Å². The summed E-state index contributed by atoms with van der Waals surface area (Å²) in [6.45, 7) is 1.74. The van der Waals surface area contributed by atoms with Gasteiger partial charge in [-0.15, -0.1) is 11.3 Å². The maximum Gasteiger partial charge on any atom is 0.365 e. The minimum atomic E-state index is -0.520. The Morgan fingerprint density at radius 2 is 1.56 bits per heavy atom. The molecule has 0 fully saturated rings. The fourth-order valence-electron chi connectivity index (χ4n) is 2.82. The van der Waals surface area contributed by atoms with Gasteiger partial charge < -0.3 is 4.84 Å². The van der Waals surface area contributed by atoms with Crippen molar-refractivity contribution >= 4 is 43.2 Å². The number of carbonyl (C=O) groups is 1. The standard InChI is InChI=1S/C22H15NO3S/c1-14(23-26-22(25)15-7-3-2-4-8-15)16-11-12-20-18(13-16)21(24)17-9-5-6-10-19(17)27-20/h2-13H,1H3/b23-14+. The van der Waals surface area contributed by atoms with Crippen LogP contribution in [-0.2, 0) is 4.84 Å².